The summed E-state index contributed by atoms with van der Waals surface area (Å²) < 4.78 is 0. The number of hydrogen-bond acceptors (Lipinski definition) is 2. The average molecular weight is 307 g/mol. The van der Waals surface area contributed by atoms with Gasteiger partial charge in [0.15, 0.2) is 0 Å². The van der Waals surface area contributed by atoms with Crippen molar-refractivity contribution in [2.75, 3.05) is 0 Å². The van der Waals surface area contributed by atoms with E-state index in [0.29, 0.717) is 5.92 Å². The molecule has 3 nitrogen and oxygen atoms in total. The van der Waals surface area contributed by atoms with Crippen LogP contribution in [0.1, 0.15) is 42.4 Å². The molecule has 0 amide bonds. The van der Waals surface area contributed by atoms with Crippen LogP contribution in [0.2, 0.25) is 0 Å². The van der Waals surface area contributed by atoms with Crippen LogP contribution in [0.15, 0.2) is 42.5 Å². The van der Waals surface area contributed by atoms with Crippen LogP contribution in [0, 0.1) is 19.8 Å². The van der Waals surface area contributed by atoms with E-state index in [1.807, 2.05) is 12.1 Å². The molecule has 0 saturated carbocycles. The predicted octanol–water partition coefficient (Wildman–Crippen LogP) is 4.67. The molecule has 2 aromatic carbocycles. The zero-order valence-corrected chi connectivity index (χ0v) is 14.4. The monoisotopic (exact) mass is 307 g/mol. The fourth-order valence-electron chi connectivity index (χ4n) is 2.91. The summed E-state index contributed by atoms with van der Waals surface area (Å²) in [5.74, 6) is 1.48. The molecule has 1 atom stereocenters. The lowest BCUT2D eigenvalue weighted by Crippen LogP contribution is -2.26. The van der Waals surface area contributed by atoms with Gasteiger partial charge in [-0.05, 0) is 48.6 Å². The molecule has 0 saturated heterocycles. The van der Waals surface area contributed by atoms with E-state index in [1.165, 1.54) is 16.7 Å². The molecule has 0 radical (unpaired) electrons. The van der Waals surface area contributed by atoms with Crippen molar-refractivity contribution in [1.29, 1.82) is 0 Å². The van der Waals surface area contributed by atoms with Crippen molar-refractivity contribution in [1.82, 2.24) is 15.3 Å². The van der Waals surface area contributed by atoms with Crippen molar-refractivity contribution in [3.8, 4) is 0 Å². The van der Waals surface area contributed by atoms with E-state index in [1.54, 1.807) is 0 Å². The van der Waals surface area contributed by atoms with Crippen molar-refractivity contribution in [3.05, 3.63) is 65.0 Å². The highest BCUT2D eigenvalue weighted by atomic mass is 15.0. The van der Waals surface area contributed by atoms with Crippen LogP contribution in [0.4, 0.5) is 0 Å². The highest BCUT2D eigenvalue weighted by Gasteiger charge is 2.19. The van der Waals surface area contributed by atoms with Gasteiger partial charge in [-0.3, -0.25) is 0 Å². The van der Waals surface area contributed by atoms with Crippen molar-refractivity contribution < 1.29 is 0 Å². The summed E-state index contributed by atoms with van der Waals surface area (Å²) in [6.07, 6.45) is 0. The first kappa shape index (κ1) is 15.8. The van der Waals surface area contributed by atoms with Crippen molar-refractivity contribution in [3.63, 3.8) is 0 Å². The number of nitrogens with one attached hydrogen (secondary N) is 2. The van der Waals surface area contributed by atoms with Gasteiger partial charge in [-0.25, -0.2) is 4.98 Å². The van der Waals surface area contributed by atoms with Crippen LogP contribution in [0.3, 0.4) is 0 Å². The fraction of sp³-hybridized carbons (Fsp3) is 0.350. The van der Waals surface area contributed by atoms with E-state index >= 15 is 0 Å². The van der Waals surface area contributed by atoms with E-state index < -0.39 is 0 Å². The van der Waals surface area contributed by atoms with Gasteiger partial charge in [0.2, 0.25) is 0 Å². The van der Waals surface area contributed by atoms with Gasteiger partial charge < -0.3 is 10.3 Å². The number of aromatic amines is 1. The van der Waals surface area contributed by atoms with Crippen LogP contribution >= 0.6 is 0 Å². The van der Waals surface area contributed by atoms with Crippen molar-refractivity contribution in [2.45, 2.75) is 40.3 Å². The molecule has 0 aliphatic carbocycles. The van der Waals surface area contributed by atoms with Gasteiger partial charge in [0.25, 0.3) is 0 Å². The Kier molecular flexibility index (Phi) is 4.49. The maximum absolute atomic E-state index is 4.76. The van der Waals surface area contributed by atoms with Gasteiger partial charge in [0.1, 0.15) is 5.82 Å². The number of hydrogen-bond donors (Lipinski definition) is 2. The number of fused-ring (bicyclic) bond motifs is 1. The standard InChI is InChI=1S/C20H25N3/c1-13(2)19(20-22-17-7-5-6-8-18(17)23-20)21-12-16-10-9-14(3)15(4)11-16/h5-11,13,19,21H,12H2,1-4H3,(H,22,23). The van der Waals surface area contributed by atoms with E-state index in [0.717, 1.165) is 23.4 Å². The van der Waals surface area contributed by atoms with Gasteiger partial charge in [-0.15, -0.1) is 0 Å². The number of nitrogens with zero attached hydrogens (tertiary/aromatic N) is 1. The average Bonchev–Trinajstić information content (AvgIpc) is 2.94. The lowest BCUT2D eigenvalue weighted by Gasteiger charge is -2.20. The molecule has 2 N–H and O–H groups in total. The van der Waals surface area contributed by atoms with Gasteiger partial charge in [-0.1, -0.05) is 44.2 Å². The zero-order valence-electron chi connectivity index (χ0n) is 14.4. The van der Waals surface area contributed by atoms with Crippen molar-refractivity contribution in [2.24, 2.45) is 5.92 Å². The van der Waals surface area contributed by atoms with Crippen LogP contribution in [0.5, 0.6) is 0 Å². The molecule has 120 valence electrons. The Labute approximate surface area is 138 Å². The second-order valence-electron chi connectivity index (χ2n) is 6.66. The number of H-pyrrole nitrogens is 1. The van der Waals surface area contributed by atoms with E-state index in [4.69, 9.17) is 4.98 Å². The SMILES string of the molecule is Cc1ccc(CNC(c2nc3ccccc3[nH]2)C(C)C)cc1C. The molecule has 0 fully saturated rings. The molecule has 3 rings (SSSR count). The Bertz CT molecular complexity index is 769. The minimum atomic E-state index is 0.212. The minimum Gasteiger partial charge on any atom is -0.341 e. The molecule has 1 aromatic heterocycles. The molecule has 1 unspecified atom stereocenters. The third-order valence-corrected chi connectivity index (χ3v) is 4.47. The molecule has 23 heavy (non-hydrogen) atoms. The van der Waals surface area contributed by atoms with E-state index in [9.17, 15) is 0 Å². The maximum atomic E-state index is 4.76. The first-order valence-electron chi connectivity index (χ1n) is 8.29. The van der Waals surface area contributed by atoms with Gasteiger partial charge in [0, 0.05) is 6.54 Å². The largest absolute Gasteiger partial charge is 0.341 e. The number of para-hydroxylation sites is 2. The van der Waals surface area contributed by atoms with Crippen LogP contribution in [-0.2, 0) is 6.54 Å². The van der Waals surface area contributed by atoms with Crippen molar-refractivity contribution >= 4 is 11.0 Å². The van der Waals surface area contributed by atoms with Crippen LogP contribution in [0.25, 0.3) is 11.0 Å². The maximum Gasteiger partial charge on any atom is 0.124 e. The number of aromatic nitrogens is 2. The Morgan fingerprint density at radius 2 is 1.83 bits per heavy atom. The van der Waals surface area contributed by atoms with E-state index in [2.05, 4.69) is 68.3 Å². The smallest absolute Gasteiger partial charge is 0.124 e. The summed E-state index contributed by atoms with van der Waals surface area (Å²) >= 11 is 0. The molecule has 0 bridgehead atoms. The molecular weight excluding hydrogens is 282 g/mol. The zero-order chi connectivity index (χ0) is 16.4. The summed E-state index contributed by atoms with van der Waals surface area (Å²) in [4.78, 5) is 8.22. The van der Waals surface area contributed by atoms with Gasteiger partial charge in [0.05, 0.1) is 17.1 Å². The molecule has 3 aromatic rings. The highest BCUT2D eigenvalue weighted by Crippen LogP contribution is 2.23. The molecular formula is C20H25N3. The second-order valence-corrected chi connectivity index (χ2v) is 6.66. The third-order valence-electron chi connectivity index (χ3n) is 4.47. The summed E-state index contributed by atoms with van der Waals surface area (Å²) in [7, 11) is 0. The Balaban J connectivity index is 1.80. The fourth-order valence-corrected chi connectivity index (χ4v) is 2.91. The normalized spacial score (nSPS) is 12.9. The first-order valence-corrected chi connectivity index (χ1v) is 8.29. The molecule has 3 heteroatoms. The Morgan fingerprint density at radius 3 is 2.52 bits per heavy atom. The lowest BCUT2D eigenvalue weighted by atomic mass is 10.0. The molecule has 0 aliphatic rings. The second kappa shape index (κ2) is 6.55. The molecule has 1 heterocycles. The van der Waals surface area contributed by atoms with E-state index in [-0.39, 0.29) is 6.04 Å². The van der Waals surface area contributed by atoms with Gasteiger partial charge in [-0.2, -0.15) is 0 Å². The summed E-state index contributed by atoms with van der Waals surface area (Å²) in [6, 6.07) is 15.1. The quantitative estimate of drug-likeness (QED) is 0.719. The molecule has 0 aliphatic heterocycles. The third kappa shape index (κ3) is 3.45. The Hall–Kier alpha value is -2.13. The number of rotatable bonds is 5. The highest BCUT2D eigenvalue weighted by molar-refractivity contribution is 5.74. The van der Waals surface area contributed by atoms with Crippen LogP contribution < -0.4 is 5.32 Å². The molecule has 0 spiro atoms. The topological polar surface area (TPSA) is 40.7 Å². The lowest BCUT2D eigenvalue weighted by molar-refractivity contribution is 0.396. The number of aryl methyl sites for hydroxylation is 2. The first-order chi connectivity index (χ1) is 11.0. The van der Waals surface area contributed by atoms with Gasteiger partial charge >= 0.3 is 0 Å². The minimum absolute atomic E-state index is 0.212. The summed E-state index contributed by atoms with van der Waals surface area (Å²) in [5, 5.41) is 3.67. The Morgan fingerprint density at radius 1 is 1.04 bits per heavy atom. The number of benzene rings is 2. The summed E-state index contributed by atoms with van der Waals surface area (Å²) in [6.45, 7) is 9.62. The van der Waals surface area contributed by atoms with Crippen LogP contribution in [-0.4, -0.2) is 9.97 Å². The summed E-state index contributed by atoms with van der Waals surface area (Å²) in [5.41, 5.74) is 6.12. The predicted molar refractivity (Wildman–Crippen MR) is 96.4 cm³/mol. The number of imidazole rings is 1.